The summed E-state index contributed by atoms with van der Waals surface area (Å²) in [5, 5.41) is 7.48. The highest BCUT2D eigenvalue weighted by atomic mass is 16.5. The first kappa shape index (κ1) is 21.9. The Morgan fingerprint density at radius 2 is 1.97 bits per heavy atom. The van der Waals surface area contributed by atoms with Crippen molar-refractivity contribution in [1.82, 2.24) is 15.2 Å². The van der Waals surface area contributed by atoms with Crippen molar-refractivity contribution in [3.8, 4) is 5.75 Å². The second-order valence-electron chi connectivity index (χ2n) is 8.85. The van der Waals surface area contributed by atoms with E-state index in [0.717, 1.165) is 17.7 Å². The number of benzene rings is 2. The van der Waals surface area contributed by atoms with E-state index < -0.39 is 0 Å². The summed E-state index contributed by atoms with van der Waals surface area (Å²) in [6, 6.07) is 18.2. The molecule has 0 spiro atoms. The molecule has 0 aliphatic carbocycles. The van der Waals surface area contributed by atoms with Crippen LogP contribution in [-0.4, -0.2) is 35.1 Å². The van der Waals surface area contributed by atoms with Gasteiger partial charge in [0.1, 0.15) is 5.75 Å². The van der Waals surface area contributed by atoms with E-state index >= 15 is 0 Å². The second-order valence-corrected chi connectivity index (χ2v) is 8.85. The number of methoxy groups -OCH3 is 1. The van der Waals surface area contributed by atoms with Gasteiger partial charge in [0, 0.05) is 42.7 Å². The van der Waals surface area contributed by atoms with Crippen LogP contribution < -0.4 is 15.4 Å². The molecule has 1 aromatic heterocycles. The van der Waals surface area contributed by atoms with Gasteiger partial charge in [-0.25, -0.2) is 0 Å². The standard InChI is InChI=1S/C26H31N3O3/c1-19(18-29-16-13-21-5-3-4-6-23(21)29)27-24(30)11-14-26(15-12-25(31)28-26)17-20-7-9-22(32-2)10-8-20/h3-10,13,16,19H,11-12,14-15,17-18H2,1-2H3,(H,27,30)(H,28,31). The molecule has 0 bridgehead atoms. The number of rotatable bonds is 9. The Hall–Kier alpha value is -3.28. The monoisotopic (exact) mass is 433 g/mol. The van der Waals surface area contributed by atoms with Crippen molar-refractivity contribution in [2.45, 2.75) is 57.2 Å². The Bertz CT molecular complexity index is 1090. The summed E-state index contributed by atoms with van der Waals surface area (Å²) in [5.74, 6) is 0.887. The lowest BCUT2D eigenvalue weighted by Crippen LogP contribution is -2.45. The molecule has 4 rings (SSSR count). The Labute approximate surface area is 188 Å². The number of carbonyl (C=O) groups is 2. The van der Waals surface area contributed by atoms with Crippen LogP contribution in [0.4, 0.5) is 0 Å². The highest BCUT2D eigenvalue weighted by Crippen LogP contribution is 2.30. The third-order valence-corrected chi connectivity index (χ3v) is 6.33. The van der Waals surface area contributed by atoms with E-state index in [4.69, 9.17) is 4.74 Å². The Morgan fingerprint density at radius 3 is 2.69 bits per heavy atom. The molecule has 1 aliphatic heterocycles. The van der Waals surface area contributed by atoms with Crippen LogP contribution in [0.3, 0.4) is 0 Å². The van der Waals surface area contributed by atoms with E-state index in [2.05, 4.69) is 39.6 Å². The number of carbonyl (C=O) groups excluding carboxylic acids is 2. The molecule has 2 aromatic carbocycles. The van der Waals surface area contributed by atoms with Crippen molar-refractivity contribution in [1.29, 1.82) is 0 Å². The highest BCUT2D eigenvalue weighted by Gasteiger charge is 2.37. The molecule has 1 aliphatic rings. The minimum absolute atomic E-state index is 0.00835. The predicted octanol–water partition coefficient (Wildman–Crippen LogP) is 3.83. The van der Waals surface area contributed by atoms with Crippen molar-refractivity contribution in [3.05, 3.63) is 66.4 Å². The van der Waals surface area contributed by atoms with E-state index in [1.54, 1.807) is 7.11 Å². The molecule has 6 nitrogen and oxygen atoms in total. The number of fused-ring (bicyclic) bond motifs is 1. The van der Waals surface area contributed by atoms with Crippen LogP contribution in [-0.2, 0) is 22.6 Å². The molecule has 3 aromatic rings. The molecule has 2 atom stereocenters. The molecule has 1 saturated heterocycles. The van der Waals surface area contributed by atoms with Gasteiger partial charge in [-0.15, -0.1) is 0 Å². The van der Waals surface area contributed by atoms with Crippen LogP contribution in [0.25, 0.3) is 10.9 Å². The lowest BCUT2D eigenvalue weighted by molar-refractivity contribution is -0.123. The molecule has 0 radical (unpaired) electrons. The quantitative estimate of drug-likeness (QED) is 0.539. The minimum atomic E-state index is -0.372. The van der Waals surface area contributed by atoms with E-state index in [1.165, 1.54) is 10.9 Å². The van der Waals surface area contributed by atoms with Gasteiger partial charge in [-0.3, -0.25) is 9.59 Å². The molecular formula is C26H31N3O3. The van der Waals surface area contributed by atoms with Crippen LogP contribution in [0.5, 0.6) is 5.75 Å². The maximum absolute atomic E-state index is 12.7. The molecule has 2 N–H and O–H groups in total. The first-order valence-electron chi connectivity index (χ1n) is 11.2. The van der Waals surface area contributed by atoms with Crippen LogP contribution in [0.1, 0.15) is 38.2 Å². The van der Waals surface area contributed by atoms with Crippen molar-refractivity contribution in [2.24, 2.45) is 0 Å². The average Bonchev–Trinajstić information content (AvgIpc) is 3.36. The molecular weight excluding hydrogens is 402 g/mol. The molecule has 0 saturated carbocycles. The smallest absolute Gasteiger partial charge is 0.220 e. The molecule has 2 heterocycles. The molecule has 32 heavy (non-hydrogen) atoms. The molecule has 2 unspecified atom stereocenters. The SMILES string of the molecule is COc1ccc(CC2(CCC(=O)NC(C)Cn3ccc4ccccc43)CCC(=O)N2)cc1. The van der Waals surface area contributed by atoms with Gasteiger partial charge >= 0.3 is 0 Å². The zero-order valence-corrected chi connectivity index (χ0v) is 18.8. The van der Waals surface area contributed by atoms with Crippen LogP contribution in [0.2, 0.25) is 0 Å². The minimum Gasteiger partial charge on any atom is -0.497 e. The molecule has 168 valence electrons. The van der Waals surface area contributed by atoms with Gasteiger partial charge in [0.2, 0.25) is 11.8 Å². The van der Waals surface area contributed by atoms with Gasteiger partial charge in [0.25, 0.3) is 0 Å². The van der Waals surface area contributed by atoms with Gasteiger partial charge in [-0.2, -0.15) is 0 Å². The maximum Gasteiger partial charge on any atom is 0.220 e. The summed E-state index contributed by atoms with van der Waals surface area (Å²) in [5.41, 5.74) is 1.92. The molecule has 6 heteroatoms. The summed E-state index contributed by atoms with van der Waals surface area (Å²) < 4.78 is 7.40. The first-order valence-corrected chi connectivity index (χ1v) is 11.2. The fraction of sp³-hybridized carbons (Fsp3) is 0.385. The third-order valence-electron chi connectivity index (χ3n) is 6.33. The van der Waals surface area contributed by atoms with Crippen LogP contribution in [0.15, 0.2) is 60.8 Å². The van der Waals surface area contributed by atoms with Crippen LogP contribution in [0, 0.1) is 0 Å². The zero-order valence-electron chi connectivity index (χ0n) is 18.8. The van der Waals surface area contributed by atoms with Gasteiger partial charge in [-0.05, 0) is 61.4 Å². The fourth-order valence-corrected chi connectivity index (χ4v) is 4.66. The Kier molecular flexibility index (Phi) is 6.49. The number of amides is 2. The Balaban J connectivity index is 1.34. The van der Waals surface area contributed by atoms with Crippen molar-refractivity contribution < 1.29 is 14.3 Å². The number of hydrogen-bond acceptors (Lipinski definition) is 3. The largest absolute Gasteiger partial charge is 0.497 e. The second kappa shape index (κ2) is 9.47. The first-order chi connectivity index (χ1) is 15.5. The number of hydrogen-bond donors (Lipinski definition) is 2. The summed E-state index contributed by atoms with van der Waals surface area (Å²) in [7, 11) is 1.64. The molecule has 1 fully saturated rings. The third kappa shape index (κ3) is 5.13. The van der Waals surface area contributed by atoms with E-state index in [1.807, 2.05) is 43.3 Å². The average molecular weight is 434 g/mol. The van der Waals surface area contributed by atoms with Gasteiger partial charge in [0.05, 0.1) is 7.11 Å². The number of ether oxygens (including phenoxy) is 1. The van der Waals surface area contributed by atoms with Gasteiger partial charge in [-0.1, -0.05) is 30.3 Å². The number of aromatic nitrogens is 1. The summed E-state index contributed by atoms with van der Waals surface area (Å²) in [4.78, 5) is 24.7. The van der Waals surface area contributed by atoms with E-state index in [0.29, 0.717) is 32.2 Å². The van der Waals surface area contributed by atoms with Crippen molar-refractivity contribution >= 4 is 22.7 Å². The topological polar surface area (TPSA) is 72.4 Å². The lowest BCUT2D eigenvalue weighted by Gasteiger charge is -2.29. The fourth-order valence-electron chi connectivity index (χ4n) is 4.66. The van der Waals surface area contributed by atoms with Gasteiger partial charge < -0.3 is 19.9 Å². The van der Waals surface area contributed by atoms with Crippen LogP contribution >= 0.6 is 0 Å². The van der Waals surface area contributed by atoms with Gasteiger partial charge in [0.15, 0.2) is 0 Å². The summed E-state index contributed by atoms with van der Waals surface area (Å²) in [6.07, 6.45) is 5.03. The summed E-state index contributed by atoms with van der Waals surface area (Å²) >= 11 is 0. The van der Waals surface area contributed by atoms with Crippen molar-refractivity contribution in [2.75, 3.05) is 7.11 Å². The van der Waals surface area contributed by atoms with E-state index in [-0.39, 0.29) is 23.4 Å². The number of nitrogens with zero attached hydrogens (tertiary/aromatic N) is 1. The summed E-state index contributed by atoms with van der Waals surface area (Å²) in [6.45, 7) is 2.74. The zero-order chi connectivity index (χ0) is 22.6. The van der Waals surface area contributed by atoms with E-state index in [9.17, 15) is 9.59 Å². The Morgan fingerprint density at radius 1 is 1.19 bits per heavy atom. The lowest BCUT2D eigenvalue weighted by atomic mass is 9.85. The maximum atomic E-state index is 12.7. The predicted molar refractivity (Wildman–Crippen MR) is 126 cm³/mol. The number of nitrogens with one attached hydrogen (secondary N) is 2. The normalized spacial score (nSPS) is 19.0. The molecule has 2 amide bonds. The number of para-hydroxylation sites is 1. The highest BCUT2D eigenvalue weighted by molar-refractivity contribution is 5.81. The van der Waals surface area contributed by atoms with Crippen molar-refractivity contribution in [3.63, 3.8) is 0 Å².